The summed E-state index contributed by atoms with van der Waals surface area (Å²) in [5, 5.41) is 22.9. The van der Waals surface area contributed by atoms with Crippen molar-refractivity contribution in [3.05, 3.63) is 27.0 Å². The number of nitro groups is 1. The number of aliphatic carboxylic acids is 1. The molecule has 1 aromatic rings. The van der Waals surface area contributed by atoms with Gasteiger partial charge in [0.1, 0.15) is 11.9 Å². The van der Waals surface area contributed by atoms with Crippen molar-refractivity contribution in [3.8, 4) is 0 Å². The largest absolute Gasteiger partial charge is 0.481 e. The maximum absolute atomic E-state index is 11.0. The minimum absolute atomic E-state index is 0.0107. The average Bonchev–Trinajstić information content (AvgIpc) is 2.40. The molecule has 0 fully saturated rings. The van der Waals surface area contributed by atoms with E-state index in [1.165, 1.54) is 12.4 Å². The summed E-state index contributed by atoms with van der Waals surface area (Å²) in [6.07, 6.45) is 4.74. The van der Waals surface area contributed by atoms with E-state index in [0.29, 0.717) is 16.6 Å². The molecular weight excluding hydrogens is 342 g/mol. The Kier molecular flexibility index (Phi) is 6.54. The lowest BCUT2D eigenvalue weighted by Gasteiger charge is -2.16. The molecule has 1 aromatic heterocycles. The Balaban J connectivity index is 2.61. The van der Waals surface area contributed by atoms with E-state index in [1.54, 1.807) is 6.92 Å². The van der Waals surface area contributed by atoms with Crippen LogP contribution in [0.5, 0.6) is 0 Å². The van der Waals surface area contributed by atoms with Gasteiger partial charge in [0.2, 0.25) is 0 Å². The Bertz CT molecular complexity index is 524. The van der Waals surface area contributed by atoms with E-state index in [1.807, 2.05) is 6.92 Å². The van der Waals surface area contributed by atoms with Gasteiger partial charge in [-0.1, -0.05) is 13.3 Å². The maximum atomic E-state index is 11.0. The summed E-state index contributed by atoms with van der Waals surface area (Å²) in [6, 6.07) is -0.0107. The Hall–Kier alpha value is -1.70. The van der Waals surface area contributed by atoms with E-state index >= 15 is 0 Å². The zero-order chi connectivity index (χ0) is 16.0. The second-order valence-corrected chi connectivity index (χ2v) is 5.84. The molecule has 0 amide bonds. The molecule has 0 aliphatic rings. The summed E-state index contributed by atoms with van der Waals surface area (Å²) in [6.45, 7) is 3.58. The van der Waals surface area contributed by atoms with Crippen molar-refractivity contribution in [2.75, 3.05) is 5.32 Å². The average molecular weight is 360 g/mol. The van der Waals surface area contributed by atoms with Gasteiger partial charge in [0.15, 0.2) is 0 Å². The number of anilines is 1. The first-order chi connectivity index (χ1) is 9.82. The second-order valence-electron chi connectivity index (χ2n) is 4.99. The Morgan fingerprint density at radius 2 is 2.14 bits per heavy atom. The molecule has 2 N–H and O–H groups in total. The highest BCUT2D eigenvalue weighted by Crippen LogP contribution is 2.32. The number of hydrogen-bond acceptors (Lipinski definition) is 5. The lowest BCUT2D eigenvalue weighted by atomic mass is 10.0. The summed E-state index contributed by atoms with van der Waals surface area (Å²) in [4.78, 5) is 25.0. The van der Waals surface area contributed by atoms with Crippen LogP contribution in [0.25, 0.3) is 0 Å². The van der Waals surface area contributed by atoms with Crippen LogP contribution in [0, 0.1) is 16.0 Å². The summed E-state index contributed by atoms with van der Waals surface area (Å²) in [7, 11) is 0. The lowest BCUT2D eigenvalue weighted by Crippen LogP contribution is -2.17. The van der Waals surface area contributed by atoms with Gasteiger partial charge in [-0.05, 0) is 35.7 Å². The fraction of sp³-hybridized carbons (Fsp3) is 0.538. The highest BCUT2D eigenvalue weighted by molar-refractivity contribution is 9.10. The molecule has 7 nitrogen and oxygen atoms in total. The first kappa shape index (κ1) is 17.4. The first-order valence-electron chi connectivity index (χ1n) is 6.60. The molecule has 0 bridgehead atoms. The molecule has 1 rings (SSSR count). The predicted octanol–water partition coefficient (Wildman–Crippen LogP) is 3.44. The van der Waals surface area contributed by atoms with Gasteiger partial charge in [0.05, 0.1) is 15.3 Å². The van der Waals surface area contributed by atoms with Crippen LogP contribution in [0.3, 0.4) is 0 Å². The monoisotopic (exact) mass is 359 g/mol. The van der Waals surface area contributed by atoms with Crippen LogP contribution in [-0.4, -0.2) is 27.0 Å². The molecule has 0 aromatic carbocycles. The SMILES string of the molecule is CC(CCCC(C)C(=O)O)Nc1c(Br)cncc1[N+](=O)[O-]. The van der Waals surface area contributed by atoms with Crippen molar-refractivity contribution in [2.45, 2.75) is 39.2 Å². The highest BCUT2D eigenvalue weighted by Gasteiger charge is 2.19. The van der Waals surface area contributed by atoms with E-state index < -0.39 is 10.9 Å². The summed E-state index contributed by atoms with van der Waals surface area (Å²) < 4.78 is 0.530. The number of nitrogens with zero attached hydrogens (tertiary/aromatic N) is 2. The van der Waals surface area contributed by atoms with E-state index in [-0.39, 0.29) is 17.6 Å². The van der Waals surface area contributed by atoms with Gasteiger partial charge < -0.3 is 10.4 Å². The van der Waals surface area contributed by atoms with Crippen molar-refractivity contribution >= 4 is 33.3 Å². The minimum Gasteiger partial charge on any atom is -0.481 e. The standard InChI is InChI=1S/C13H18BrN3O4/c1-8(13(18)19)4-3-5-9(2)16-12-10(14)6-15-7-11(12)17(20)21/h6-9H,3-5H2,1-2H3,(H,15,16)(H,18,19). The van der Waals surface area contributed by atoms with E-state index in [0.717, 1.165) is 12.8 Å². The molecule has 0 aliphatic carbocycles. The van der Waals surface area contributed by atoms with Crippen molar-refractivity contribution in [1.82, 2.24) is 4.98 Å². The van der Waals surface area contributed by atoms with E-state index in [9.17, 15) is 14.9 Å². The Labute approximate surface area is 131 Å². The molecule has 1 heterocycles. The van der Waals surface area contributed by atoms with E-state index in [2.05, 4.69) is 26.2 Å². The van der Waals surface area contributed by atoms with Crippen LogP contribution >= 0.6 is 15.9 Å². The minimum atomic E-state index is -0.803. The smallest absolute Gasteiger partial charge is 0.311 e. The lowest BCUT2D eigenvalue weighted by molar-refractivity contribution is -0.384. The van der Waals surface area contributed by atoms with Gasteiger partial charge >= 0.3 is 11.7 Å². The molecule has 2 atom stereocenters. The number of carboxylic acid groups (broad SMARTS) is 1. The quantitative estimate of drug-likeness (QED) is 0.543. The van der Waals surface area contributed by atoms with Gasteiger partial charge in [-0.15, -0.1) is 0 Å². The summed E-state index contributed by atoms with van der Waals surface area (Å²) in [5.74, 6) is -1.18. The number of carboxylic acids is 1. The topological polar surface area (TPSA) is 105 Å². The number of carbonyl (C=O) groups is 1. The zero-order valence-electron chi connectivity index (χ0n) is 11.9. The Morgan fingerprint density at radius 1 is 1.48 bits per heavy atom. The van der Waals surface area contributed by atoms with E-state index in [4.69, 9.17) is 5.11 Å². The molecular formula is C13H18BrN3O4. The fourth-order valence-corrected chi connectivity index (χ4v) is 2.31. The molecule has 0 saturated carbocycles. The maximum Gasteiger partial charge on any atom is 0.311 e. The van der Waals surface area contributed by atoms with Crippen LogP contribution in [0.1, 0.15) is 33.1 Å². The van der Waals surface area contributed by atoms with Crippen LogP contribution in [-0.2, 0) is 4.79 Å². The number of hydrogen-bond donors (Lipinski definition) is 2. The molecule has 0 spiro atoms. The van der Waals surface area contributed by atoms with Gasteiger partial charge in [0.25, 0.3) is 0 Å². The van der Waals surface area contributed by atoms with Crippen LogP contribution in [0.2, 0.25) is 0 Å². The van der Waals surface area contributed by atoms with Crippen molar-refractivity contribution < 1.29 is 14.8 Å². The van der Waals surface area contributed by atoms with Crippen molar-refractivity contribution in [2.24, 2.45) is 5.92 Å². The molecule has 8 heteroatoms. The van der Waals surface area contributed by atoms with Crippen molar-refractivity contribution in [1.29, 1.82) is 0 Å². The summed E-state index contributed by atoms with van der Waals surface area (Å²) in [5.41, 5.74) is 0.309. The van der Waals surface area contributed by atoms with Crippen LogP contribution in [0.15, 0.2) is 16.9 Å². The summed E-state index contributed by atoms with van der Waals surface area (Å²) >= 11 is 3.25. The molecule has 21 heavy (non-hydrogen) atoms. The van der Waals surface area contributed by atoms with Gasteiger partial charge in [-0.3, -0.25) is 19.9 Å². The first-order valence-corrected chi connectivity index (χ1v) is 7.39. The molecule has 2 unspecified atom stereocenters. The number of halogens is 1. The molecule has 0 saturated heterocycles. The second kappa shape index (κ2) is 7.92. The third kappa shape index (κ3) is 5.30. The van der Waals surface area contributed by atoms with Crippen LogP contribution in [0.4, 0.5) is 11.4 Å². The third-order valence-electron chi connectivity index (χ3n) is 3.16. The molecule has 0 radical (unpaired) electrons. The Morgan fingerprint density at radius 3 is 2.71 bits per heavy atom. The third-order valence-corrected chi connectivity index (χ3v) is 3.76. The number of aromatic nitrogens is 1. The normalized spacial score (nSPS) is 13.5. The molecule has 116 valence electrons. The van der Waals surface area contributed by atoms with Gasteiger partial charge in [-0.25, -0.2) is 0 Å². The predicted molar refractivity (Wildman–Crippen MR) is 82.3 cm³/mol. The van der Waals surface area contributed by atoms with Crippen LogP contribution < -0.4 is 5.32 Å². The number of pyridine rings is 1. The highest BCUT2D eigenvalue weighted by atomic mass is 79.9. The zero-order valence-corrected chi connectivity index (χ0v) is 13.5. The van der Waals surface area contributed by atoms with Gasteiger partial charge in [0, 0.05) is 12.2 Å². The number of rotatable bonds is 8. The van der Waals surface area contributed by atoms with Gasteiger partial charge in [-0.2, -0.15) is 0 Å². The number of nitrogens with one attached hydrogen (secondary N) is 1. The van der Waals surface area contributed by atoms with Crippen molar-refractivity contribution in [3.63, 3.8) is 0 Å². The fourth-order valence-electron chi connectivity index (χ4n) is 1.88. The molecule has 0 aliphatic heterocycles.